The summed E-state index contributed by atoms with van der Waals surface area (Å²) in [5.41, 5.74) is 0.730. The summed E-state index contributed by atoms with van der Waals surface area (Å²) in [6.45, 7) is 3.04. The third kappa shape index (κ3) is 1.80. The molecule has 0 radical (unpaired) electrons. The van der Waals surface area contributed by atoms with Crippen molar-refractivity contribution in [2.24, 2.45) is 0 Å². The second kappa shape index (κ2) is 4.06. The number of aliphatic carboxylic acids is 1. The normalized spacial score (nSPS) is 27.4. The number of carboxylic acids is 1. The first-order chi connectivity index (χ1) is 7.93. The van der Waals surface area contributed by atoms with Crippen LogP contribution in [0.15, 0.2) is 11.3 Å². The lowest BCUT2D eigenvalue weighted by atomic mass is 10.0. The summed E-state index contributed by atoms with van der Waals surface area (Å²) in [6.07, 6.45) is 0. The lowest BCUT2D eigenvalue weighted by molar-refractivity contribution is -0.150. The Bertz CT molecular complexity index is 446. The van der Waals surface area contributed by atoms with Gasteiger partial charge in [0.25, 0.3) is 5.91 Å². The number of carboxylic acid groups (broad SMARTS) is 1. The molecule has 1 unspecified atom stereocenters. The highest BCUT2D eigenvalue weighted by Crippen LogP contribution is 2.39. The highest BCUT2D eigenvalue weighted by atomic mass is 32.2. The van der Waals surface area contributed by atoms with E-state index in [0.717, 1.165) is 0 Å². The minimum Gasteiger partial charge on any atom is -0.477 e. The maximum Gasteiger partial charge on any atom is 0.352 e. The minimum atomic E-state index is -1.09. The number of fused-ring (bicyclic) bond motifs is 1. The Morgan fingerprint density at radius 3 is 2.71 bits per heavy atom. The van der Waals surface area contributed by atoms with Crippen molar-refractivity contribution in [3.05, 3.63) is 11.3 Å². The van der Waals surface area contributed by atoms with Crippen molar-refractivity contribution in [2.75, 3.05) is 5.75 Å². The summed E-state index contributed by atoms with van der Waals surface area (Å²) in [6, 6.07) is -0.597. The topological polar surface area (TPSA) is 86.7 Å². The van der Waals surface area contributed by atoms with Crippen LogP contribution in [0.1, 0.15) is 13.8 Å². The van der Waals surface area contributed by atoms with Crippen LogP contribution in [0.2, 0.25) is 0 Å². The third-order valence-electron chi connectivity index (χ3n) is 2.72. The number of carbonyl (C=O) groups excluding carboxylic acids is 2. The molecule has 0 bridgehead atoms. The van der Waals surface area contributed by atoms with Gasteiger partial charge in [-0.1, -0.05) is 0 Å². The quantitative estimate of drug-likeness (QED) is 0.666. The molecule has 0 saturated carbocycles. The maximum atomic E-state index is 11.8. The van der Waals surface area contributed by atoms with Gasteiger partial charge >= 0.3 is 5.97 Å². The standard InChI is InChI=1S/C10H12N2O4S/c1-4-3-17-9-6(11-5(2)13)8(14)12(9)7(4)10(15)16/h6,9H,3H2,1-2H3,(H,11,13)(H,15,16)/t6?,9-/m0/s1. The lowest BCUT2D eigenvalue weighted by Crippen LogP contribution is -2.70. The molecule has 2 heterocycles. The van der Waals surface area contributed by atoms with Crippen LogP contribution in [0.25, 0.3) is 0 Å². The zero-order valence-electron chi connectivity index (χ0n) is 9.39. The smallest absolute Gasteiger partial charge is 0.352 e. The van der Waals surface area contributed by atoms with E-state index in [0.29, 0.717) is 11.3 Å². The number of thioether (sulfide) groups is 1. The third-order valence-corrected chi connectivity index (χ3v) is 4.14. The van der Waals surface area contributed by atoms with E-state index in [1.54, 1.807) is 6.92 Å². The van der Waals surface area contributed by atoms with Crippen LogP contribution in [-0.4, -0.2) is 45.0 Å². The first-order valence-corrected chi connectivity index (χ1v) is 6.13. The molecule has 2 N–H and O–H groups in total. The van der Waals surface area contributed by atoms with Crippen molar-refractivity contribution in [1.29, 1.82) is 0 Å². The molecule has 2 atom stereocenters. The van der Waals surface area contributed by atoms with Gasteiger partial charge in [-0.3, -0.25) is 14.5 Å². The van der Waals surface area contributed by atoms with Gasteiger partial charge in [0.05, 0.1) is 0 Å². The molecule has 0 aliphatic carbocycles. The van der Waals surface area contributed by atoms with E-state index in [1.165, 1.54) is 23.6 Å². The fourth-order valence-corrected chi connectivity index (χ4v) is 3.29. The number of amides is 2. The zero-order valence-corrected chi connectivity index (χ0v) is 10.2. The second-order valence-corrected chi connectivity index (χ2v) is 5.13. The number of carbonyl (C=O) groups is 3. The summed E-state index contributed by atoms with van der Waals surface area (Å²) in [5.74, 6) is -1.17. The molecule has 0 aromatic carbocycles. The van der Waals surface area contributed by atoms with E-state index < -0.39 is 12.0 Å². The highest BCUT2D eigenvalue weighted by Gasteiger charge is 2.53. The molecule has 92 valence electrons. The van der Waals surface area contributed by atoms with Gasteiger partial charge in [0, 0.05) is 12.7 Å². The van der Waals surface area contributed by atoms with E-state index in [-0.39, 0.29) is 22.9 Å². The Morgan fingerprint density at radius 2 is 2.18 bits per heavy atom. The van der Waals surface area contributed by atoms with Gasteiger partial charge in [-0.15, -0.1) is 11.8 Å². The van der Waals surface area contributed by atoms with Crippen molar-refractivity contribution in [3.63, 3.8) is 0 Å². The number of rotatable bonds is 2. The van der Waals surface area contributed by atoms with Gasteiger partial charge in [-0.05, 0) is 12.5 Å². The Labute approximate surface area is 102 Å². The van der Waals surface area contributed by atoms with Gasteiger partial charge in [-0.25, -0.2) is 4.79 Å². The Hall–Kier alpha value is -1.50. The van der Waals surface area contributed by atoms with Gasteiger partial charge in [0.15, 0.2) is 0 Å². The summed E-state index contributed by atoms with van der Waals surface area (Å²) in [5, 5.41) is 11.3. The summed E-state index contributed by atoms with van der Waals surface area (Å²) >= 11 is 1.47. The average molecular weight is 256 g/mol. The molecule has 0 aromatic rings. The SMILES string of the molecule is CC(=O)NC1C(=O)N2C(C(=O)O)=C(C)CS[C@@H]12. The highest BCUT2D eigenvalue weighted by molar-refractivity contribution is 8.00. The molecule has 2 aliphatic rings. The van der Waals surface area contributed by atoms with Crippen LogP contribution in [0.5, 0.6) is 0 Å². The first kappa shape index (κ1) is 12.0. The first-order valence-electron chi connectivity index (χ1n) is 5.08. The van der Waals surface area contributed by atoms with E-state index in [1.807, 2.05) is 0 Å². The molecule has 1 saturated heterocycles. The van der Waals surface area contributed by atoms with Crippen molar-refractivity contribution in [2.45, 2.75) is 25.3 Å². The van der Waals surface area contributed by atoms with Gasteiger partial charge in [-0.2, -0.15) is 0 Å². The second-order valence-electron chi connectivity index (χ2n) is 4.02. The van der Waals surface area contributed by atoms with E-state index in [2.05, 4.69) is 5.32 Å². The molecule has 2 rings (SSSR count). The number of hydrogen-bond donors (Lipinski definition) is 2. The lowest BCUT2D eigenvalue weighted by Gasteiger charge is -2.49. The largest absolute Gasteiger partial charge is 0.477 e. The molecule has 0 spiro atoms. The van der Waals surface area contributed by atoms with E-state index >= 15 is 0 Å². The maximum absolute atomic E-state index is 11.8. The Balaban J connectivity index is 2.24. The van der Waals surface area contributed by atoms with Gasteiger partial charge < -0.3 is 10.4 Å². The number of β-lactam (4-membered cyclic amide) rings is 1. The van der Waals surface area contributed by atoms with Crippen molar-refractivity contribution < 1.29 is 19.5 Å². The number of hydrogen-bond acceptors (Lipinski definition) is 4. The molecule has 2 amide bonds. The number of nitrogens with one attached hydrogen (secondary N) is 1. The average Bonchev–Trinajstić information content (AvgIpc) is 2.24. The fraction of sp³-hybridized carbons (Fsp3) is 0.500. The van der Waals surface area contributed by atoms with Crippen molar-refractivity contribution >= 4 is 29.5 Å². The van der Waals surface area contributed by atoms with Crippen LogP contribution >= 0.6 is 11.8 Å². The zero-order chi connectivity index (χ0) is 12.7. The van der Waals surface area contributed by atoms with Crippen molar-refractivity contribution in [1.82, 2.24) is 10.2 Å². The minimum absolute atomic E-state index is 0.0559. The number of nitrogens with zero attached hydrogens (tertiary/aromatic N) is 1. The molecular weight excluding hydrogens is 244 g/mol. The monoisotopic (exact) mass is 256 g/mol. The fourth-order valence-electron chi connectivity index (χ4n) is 1.99. The van der Waals surface area contributed by atoms with Crippen LogP contribution in [0.3, 0.4) is 0 Å². The molecular formula is C10H12N2O4S. The summed E-state index contributed by atoms with van der Waals surface area (Å²) in [7, 11) is 0. The molecule has 2 aliphatic heterocycles. The Kier molecular flexibility index (Phi) is 2.86. The van der Waals surface area contributed by atoms with Gasteiger partial charge in [0.2, 0.25) is 5.91 Å². The molecule has 7 heteroatoms. The van der Waals surface area contributed by atoms with Crippen molar-refractivity contribution in [3.8, 4) is 0 Å². The summed E-state index contributed by atoms with van der Waals surface area (Å²) in [4.78, 5) is 35.1. The van der Waals surface area contributed by atoms with Crippen LogP contribution in [0, 0.1) is 0 Å². The van der Waals surface area contributed by atoms with Crippen LogP contribution in [-0.2, 0) is 14.4 Å². The van der Waals surface area contributed by atoms with Gasteiger partial charge in [0.1, 0.15) is 17.1 Å². The van der Waals surface area contributed by atoms with Crippen LogP contribution in [0.4, 0.5) is 0 Å². The van der Waals surface area contributed by atoms with E-state index in [4.69, 9.17) is 5.11 Å². The molecule has 6 nitrogen and oxygen atoms in total. The predicted octanol–water partition coefficient (Wildman–Crippen LogP) is -0.235. The Morgan fingerprint density at radius 1 is 1.53 bits per heavy atom. The van der Waals surface area contributed by atoms with E-state index in [9.17, 15) is 14.4 Å². The molecule has 17 heavy (non-hydrogen) atoms. The predicted molar refractivity (Wildman–Crippen MR) is 61.0 cm³/mol. The summed E-state index contributed by atoms with van der Waals surface area (Å²) < 4.78 is 0. The molecule has 0 aromatic heterocycles. The molecule has 1 fully saturated rings. The van der Waals surface area contributed by atoms with Crippen LogP contribution < -0.4 is 5.32 Å².